The van der Waals surface area contributed by atoms with E-state index in [0.29, 0.717) is 21.6 Å². The van der Waals surface area contributed by atoms with Crippen LogP contribution >= 0.6 is 11.6 Å². The van der Waals surface area contributed by atoms with Crippen LogP contribution in [0.3, 0.4) is 0 Å². The van der Waals surface area contributed by atoms with Crippen molar-refractivity contribution in [2.45, 2.75) is 37.2 Å². The Labute approximate surface area is 136 Å². The van der Waals surface area contributed by atoms with E-state index in [-0.39, 0.29) is 32.2 Å². The highest BCUT2D eigenvalue weighted by atomic mass is 35.5. The molecule has 1 amide bonds. The Kier molecular flexibility index (Phi) is 4.06. The maximum atomic E-state index is 13.2. The molecular formula is C16H16ClF2NO3. The van der Waals surface area contributed by atoms with Crippen LogP contribution in [0.2, 0.25) is 5.02 Å². The van der Waals surface area contributed by atoms with E-state index in [4.69, 9.17) is 16.0 Å². The summed E-state index contributed by atoms with van der Waals surface area (Å²) in [4.78, 5) is 12.3. The number of furan rings is 1. The molecule has 2 aromatic rings. The van der Waals surface area contributed by atoms with E-state index >= 15 is 0 Å². The van der Waals surface area contributed by atoms with Crippen molar-refractivity contribution in [1.82, 2.24) is 5.32 Å². The molecule has 1 aromatic heterocycles. The first-order valence-corrected chi connectivity index (χ1v) is 7.72. The number of alkyl halides is 2. The van der Waals surface area contributed by atoms with E-state index in [1.54, 1.807) is 18.2 Å². The summed E-state index contributed by atoms with van der Waals surface area (Å²) in [6.07, 6.45) is 0.618. The molecule has 7 heteroatoms. The highest BCUT2D eigenvalue weighted by molar-refractivity contribution is 6.35. The lowest BCUT2D eigenvalue weighted by atomic mass is 9.82. The predicted molar refractivity (Wildman–Crippen MR) is 81.9 cm³/mol. The SMILES string of the molecule is O=C(NCC1(O)CCC(F)(F)CC1)c1ccc(Cl)c2occc12. The summed E-state index contributed by atoms with van der Waals surface area (Å²) < 4.78 is 31.6. The number of carbonyl (C=O) groups excluding carboxylic acids is 1. The fourth-order valence-corrected chi connectivity index (χ4v) is 3.03. The van der Waals surface area contributed by atoms with Crippen LogP contribution in [0.25, 0.3) is 11.0 Å². The summed E-state index contributed by atoms with van der Waals surface area (Å²) >= 11 is 5.99. The molecule has 2 N–H and O–H groups in total. The molecule has 0 aliphatic heterocycles. The fraction of sp³-hybridized carbons (Fsp3) is 0.438. The van der Waals surface area contributed by atoms with Gasteiger partial charge in [-0.2, -0.15) is 0 Å². The van der Waals surface area contributed by atoms with Gasteiger partial charge in [0, 0.05) is 24.8 Å². The lowest BCUT2D eigenvalue weighted by Gasteiger charge is -2.35. The third kappa shape index (κ3) is 3.33. The third-order valence-corrected chi connectivity index (χ3v) is 4.60. The topological polar surface area (TPSA) is 62.5 Å². The molecule has 1 heterocycles. The average molecular weight is 344 g/mol. The monoisotopic (exact) mass is 343 g/mol. The normalized spacial score (nSPS) is 19.7. The number of nitrogens with one attached hydrogen (secondary N) is 1. The molecular weight excluding hydrogens is 328 g/mol. The first kappa shape index (κ1) is 16.2. The lowest BCUT2D eigenvalue weighted by molar-refractivity contribution is -0.101. The van der Waals surface area contributed by atoms with Gasteiger partial charge in [-0.05, 0) is 31.0 Å². The number of amides is 1. The number of hydrogen-bond donors (Lipinski definition) is 2. The van der Waals surface area contributed by atoms with E-state index in [9.17, 15) is 18.7 Å². The van der Waals surface area contributed by atoms with Crippen molar-refractivity contribution >= 4 is 28.5 Å². The summed E-state index contributed by atoms with van der Waals surface area (Å²) in [7, 11) is 0. The number of rotatable bonds is 3. The van der Waals surface area contributed by atoms with Gasteiger partial charge >= 0.3 is 0 Å². The van der Waals surface area contributed by atoms with Gasteiger partial charge in [-0.3, -0.25) is 4.79 Å². The molecule has 23 heavy (non-hydrogen) atoms. The molecule has 0 atom stereocenters. The van der Waals surface area contributed by atoms with Crippen LogP contribution in [-0.2, 0) is 0 Å². The largest absolute Gasteiger partial charge is 0.463 e. The highest BCUT2D eigenvalue weighted by Crippen LogP contribution is 2.38. The first-order valence-electron chi connectivity index (χ1n) is 7.34. The number of carbonyl (C=O) groups is 1. The Morgan fingerprint density at radius 3 is 2.65 bits per heavy atom. The number of hydrogen-bond acceptors (Lipinski definition) is 3. The second-order valence-corrected chi connectivity index (χ2v) is 6.43. The maximum absolute atomic E-state index is 13.2. The van der Waals surface area contributed by atoms with E-state index < -0.39 is 17.4 Å². The summed E-state index contributed by atoms with van der Waals surface area (Å²) in [6, 6.07) is 4.75. The van der Waals surface area contributed by atoms with Gasteiger partial charge in [0.05, 0.1) is 22.5 Å². The van der Waals surface area contributed by atoms with E-state index in [1.165, 1.54) is 6.26 Å². The number of aliphatic hydroxyl groups is 1. The molecule has 0 unspecified atom stereocenters. The van der Waals surface area contributed by atoms with Crippen molar-refractivity contribution in [3.63, 3.8) is 0 Å². The molecule has 0 radical (unpaired) electrons. The van der Waals surface area contributed by atoms with Crippen molar-refractivity contribution in [1.29, 1.82) is 0 Å². The molecule has 3 rings (SSSR count). The van der Waals surface area contributed by atoms with E-state index in [2.05, 4.69) is 5.32 Å². The Hall–Kier alpha value is -1.66. The zero-order valence-corrected chi connectivity index (χ0v) is 13.0. The van der Waals surface area contributed by atoms with Crippen LogP contribution in [0, 0.1) is 0 Å². The molecule has 0 spiro atoms. The van der Waals surface area contributed by atoms with E-state index in [1.807, 2.05) is 0 Å². The summed E-state index contributed by atoms with van der Waals surface area (Å²) in [6.45, 7) is -0.0656. The standard InChI is InChI=1S/C16H16ClF2NO3/c17-12-2-1-11(10-3-8-23-13(10)12)14(21)20-9-15(22)4-6-16(18,19)7-5-15/h1-3,8,22H,4-7,9H2,(H,20,21). The van der Waals surface area contributed by atoms with Gasteiger partial charge in [-0.15, -0.1) is 0 Å². The van der Waals surface area contributed by atoms with Gasteiger partial charge in [0.2, 0.25) is 5.92 Å². The summed E-state index contributed by atoms with van der Waals surface area (Å²) in [5.74, 6) is -3.13. The molecule has 1 aliphatic rings. The quantitative estimate of drug-likeness (QED) is 0.892. The molecule has 124 valence electrons. The van der Waals surface area contributed by atoms with E-state index in [0.717, 1.165) is 0 Å². The minimum Gasteiger partial charge on any atom is -0.463 e. The second kappa shape index (κ2) is 5.76. The Bertz CT molecular complexity index is 734. The number of benzene rings is 1. The molecule has 1 aliphatic carbocycles. The van der Waals surface area contributed by atoms with Crippen LogP contribution in [0.15, 0.2) is 28.9 Å². The fourth-order valence-electron chi connectivity index (χ4n) is 2.82. The highest BCUT2D eigenvalue weighted by Gasteiger charge is 2.42. The Balaban J connectivity index is 1.70. The van der Waals surface area contributed by atoms with Gasteiger partial charge < -0.3 is 14.8 Å². The van der Waals surface area contributed by atoms with Gasteiger partial charge in [-0.1, -0.05) is 11.6 Å². The van der Waals surface area contributed by atoms with Crippen molar-refractivity contribution in [3.8, 4) is 0 Å². The minimum atomic E-state index is -2.73. The third-order valence-electron chi connectivity index (χ3n) is 4.30. The van der Waals surface area contributed by atoms with Crippen LogP contribution in [-0.4, -0.2) is 29.1 Å². The molecule has 0 saturated heterocycles. The van der Waals surface area contributed by atoms with Crippen molar-refractivity contribution < 1.29 is 23.1 Å². The van der Waals surface area contributed by atoms with Crippen LogP contribution in [0.4, 0.5) is 8.78 Å². The van der Waals surface area contributed by atoms with Gasteiger partial charge in [0.15, 0.2) is 5.58 Å². The van der Waals surface area contributed by atoms with Crippen LogP contribution in [0.5, 0.6) is 0 Å². The molecule has 0 bridgehead atoms. The Morgan fingerprint density at radius 2 is 1.96 bits per heavy atom. The van der Waals surface area contributed by atoms with Gasteiger partial charge in [0.1, 0.15) is 0 Å². The van der Waals surface area contributed by atoms with Gasteiger partial charge in [0.25, 0.3) is 5.91 Å². The minimum absolute atomic E-state index is 0.0397. The zero-order valence-electron chi connectivity index (χ0n) is 12.2. The smallest absolute Gasteiger partial charge is 0.252 e. The molecule has 1 aromatic carbocycles. The number of fused-ring (bicyclic) bond motifs is 1. The molecule has 1 fully saturated rings. The second-order valence-electron chi connectivity index (χ2n) is 6.02. The molecule has 4 nitrogen and oxygen atoms in total. The Morgan fingerprint density at radius 1 is 1.26 bits per heavy atom. The maximum Gasteiger partial charge on any atom is 0.252 e. The van der Waals surface area contributed by atoms with Crippen LogP contribution in [0.1, 0.15) is 36.0 Å². The summed E-state index contributed by atoms with van der Waals surface area (Å²) in [5, 5.41) is 13.9. The predicted octanol–water partition coefficient (Wildman–Crippen LogP) is 3.76. The number of halogens is 3. The molecule has 1 saturated carbocycles. The van der Waals surface area contributed by atoms with Crippen LogP contribution < -0.4 is 5.32 Å². The zero-order chi connectivity index (χ0) is 16.7. The lowest BCUT2D eigenvalue weighted by Crippen LogP contribution is -2.47. The average Bonchev–Trinajstić information content (AvgIpc) is 2.99. The first-order chi connectivity index (χ1) is 10.8. The van der Waals surface area contributed by atoms with Gasteiger partial charge in [-0.25, -0.2) is 8.78 Å². The van der Waals surface area contributed by atoms with Crippen molar-refractivity contribution in [3.05, 3.63) is 35.0 Å². The summed E-state index contributed by atoms with van der Waals surface area (Å²) in [5.41, 5.74) is -0.516. The van der Waals surface area contributed by atoms with Crippen molar-refractivity contribution in [2.24, 2.45) is 0 Å². The van der Waals surface area contributed by atoms with Crippen molar-refractivity contribution in [2.75, 3.05) is 6.54 Å².